The van der Waals surface area contributed by atoms with Crippen molar-refractivity contribution in [1.82, 2.24) is 10.2 Å². The zero-order chi connectivity index (χ0) is 23.3. The van der Waals surface area contributed by atoms with Crippen molar-refractivity contribution in [3.63, 3.8) is 0 Å². The number of fused-ring (bicyclic) bond motifs is 4. The van der Waals surface area contributed by atoms with Crippen molar-refractivity contribution in [2.24, 2.45) is 17.6 Å². The van der Waals surface area contributed by atoms with Gasteiger partial charge in [-0.2, -0.15) is 0 Å². The Labute approximate surface area is 191 Å². The van der Waals surface area contributed by atoms with Crippen LogP contribution in [0.4, 0.5) is 5.69 Å². The van der Waals surface area contributed by atoms with Gasteiger partial charge in [0.2, 0.25) is 23.6 Å². The molecule has 2 aromatic carbocycles. The van der Waals surface area contributed by atoms with Crippen molar-refractivity contribution in [3.8, 4) is 0 Å². The first-order valence-corrected chi connectivity index (χ1v) is 11.3. The zero-order valence-corrected chi connectivity index (χ0v) is 18.3. The zero-order valence-electron chi connectivity index (χ0n) is 18.3. The van der Waals surface area contributed by atoms with Crippen molar-refractivity contribution in [1.29, 1.82) is 0 Å². The number of nitrogens with two attached hydrogens (primary N) is 1. The van der Waals surface area contributed by atoms with Crippen molar-refractivity contribution in [3.05, 3.63) is 65.2 Å². The summed E-state index contributed by atoms with van der Waals surface area (Å²) in [4.78, 5) is 53.6. The largest absolute Gasteiger partial charge is 0.370 e. The topological polar surface area (TPSA) is 122 Å². The summed E-state index contributed by atoms with van der Waals surface area (Å²) in [7, 11) is 0. The highest BCUT2D eigenvalue weighted by molar-refractivity contribution is 6.15. The quantitative estimate of drug-likeness (QED) is 0.574. The van der Waals surface area contributed by atoms with E-state index in [1.165, 1.54) is 4.90 Å². The van der Waals surface area contributed by atoms with Gasteiger partial charge in [0.15, 0.2) is 0 Å². The predicted octanol–water partition coefficient (Wildman–Crippen LogP) is 1.09. The van der Waals surface area contributed by atoms with Gasteiger partial charge in [-0.15, -0.1) is 0 Å². The normalized spacial score (nSPS) is 27.7. The predicted molar refractivity (Wildman–Crippen MR) is 121 cm³/mol. The van der Waals surface area contributed by atoms with Crippen LogP contribution in [0.3, 0.4) is 0 Å². The second-order valence-electron chi connectivity index (χ2n) is 8.98. The Morgan fingerprint density at radius 2 is 1.82 bits per heavy atom. The summed E-state index contributed by atoms with van der Waals surface area (Å²) in [6, 6.07) is 14.6. The summed E-state index contributed by atoms with van der Waals surface area (Å²) < 4.78 is 0. The lowest BCUT2D eigenvalue weighted by Crippen LogP contribution is -2.53. The van der Waals surface area contributed by atoms with Crippen LogP contribution in [0.15, 0.2) is 48.5 Å². The van der Waals surface area contributed by atoms with Crippen LogP contribution in [0.5, 0.6) is 0 Å². The van der Waals surface area contributed by atoms with Gasteiger partial charge in [0.25, 0.3) is 0 Å². The van der Waals surface area contributed by atoms with Crippen LogP contribution in [0.1, 0.15) is 30.0 Å². The van der Waals surface area contributed by atoms with Gasteiger partial charge in [-0.25, -0.2) is 0 Å². The molecule has 4 amide bonds. The molecule has 2 aromatic rings. The third-order valence-electron chi connectivity index (χ3n) is 7.17. The number of imide groups is 1. The minimum atomic E-state index is -1.40. The Morgan fingerprint density at radius 1 is 1.06 bits per heavy atom. The first kappa shape index (κ1) is 21.3. The van der Waals surface area contributed by atoms with E-state index in [1.807, 2.05) is 55.5 Å². The van der Waals surface area contributed by atoms with Crippen molar-refractivity contribution in [2.45, 2.75) is 37.8 Å². The molecule has 4 N–H and O–H groups in total. The molecule has 0 unspecified atom stereocenters. The van der Waals surface area contributed by atoms with Crippen LogP contribution in [0.25, 0.3) is 0 Å². The third kappa shape index (κ3) is 3.16. The molecule has 2 saturated heterocycles. The molecule has 0 saturated carbocycles. The maximum absolute atomic E-state index is 13.7. The third-order valence-corrected chi connectivity index (χ3v) is 7.17. The number of hydrogen-bond donors (Lipinski definition) is 3. The minimum absolute atomic E-state index is 0.134. The van der Waals surface area contributed by atoms with Crippen LogP contribution in [-0.4, -0.2) is 41.1 Å². The standard InChI is InChI=1S/C25H26N4O4/c1-2-14-8-9-17-16(12-14)25(24(33)27-17)21-20(18(28-25)13-19(26)30)22(31)29(23(21)32)11-10-15-6-4-3-5-7-15/h3-9,12,18,20-21,28H,2,10-11,13H2,1H3,(H2,26,30)(H,27,33)/t18-,20+,21+,25+/m0/s1. The van der Waals surface area contributed by atoms with Crippen molar-refractivity contribution < 1.29 is 19.2 Å². The van der Waals surface area contributed by atoms with E-state index in [4.69, 9.17) is 5.73 Å². The van der Waals surface area contributed by atoms with Gasteiger partial charge >= 0.3 is 0 Å². The molecule has 2 fully saturated rings. The molecule has 0 aromatic heterocycles. The molecular weight excluding hydrogens is 420 g/mol. The highest BCUT2D eigenvalue weighted by atomic mass is 16.2. The lowest BCUT2D eigenvalue weighted by Gasteiger charge is -2.29. The van der Waals surface area contributed by atoms with E-state index in [9.17, 15) is 19.2 Å². The number of benzene rings is 2. The van der Waals surface area contributed by atoms with E-state index < -0.39 is 29.3 Å². The Hall–Kier alpha value is -3.52. The monoisotopic (exact) mass is 446 g/mol. The van der Waals surface area contributed by atoms with Crippen molar-refractivity contribution in [2.75, 3.05) is 11.9 Å². The number of amides is 4. The van der Waals surface area contributed by atoms with E-state index in [0.717, 1.165) is 17.5 Å². The lowest BCUT2D eigenvalue weighted by molar-refractivity contribution is -0.142. The minimum Gasteiger partial charge on any atom is -0.370 e. The number of anilines is 1. The number of carbonyl (C=O) groups is 4. The summed E-state index contributed by atoms with van der Waals surface area (Å²) in [5.41, 5.74) is 7.36. The fourth-order valence-corrected chi connectivity index (χ4v) is 5.63. The number of carbonyl (C=O) groups excluding carboxylic acids is 4. The SMILES string of the molecule is CCc1ccc2c(c1)[C@]1(N[C@@H](CC(N)=O)[C@H]3C(=O)N(CCc4ccccc4)C(=O)[C@@H]31)C(=O)N2. The number of likely N-dealkylation sites (tertiary alicyclic amines) is 1. The molecule has 8 nitrogen and oxygen atoms in total. The second kappa shape index (κ2) is 7.81. The first-order chi connectivity index (χ1) is 15.9. The summed E-state index contributed by atoms with van der Waals surface area (Å²) >= 11 is 0. The molecule has 1 spiro atoms. The second-order valence-corrected chi connectivity index (χ2v) is 8.98. The van der Waals surface area contributed by atoms with Crippen LogP contribution in [0, 0.1) is 11.8 Å². The van der Waals surface area contributed by atoms with Gasteiger partial charge in [0, 0.05) is 30.3 Å². The number of rotatable bonds is 6. The molecular formula is C25H26N4O4. The van der Waals surface area contributed by atoms with E-state index >= 15 is 0 Å². The average Bonchev–Trinajstić information content (AvgIpc) is 3.37. The van der Waals surface area contributed by atoms with Crippen LogP contribution >= 0.6 is 0 Å². The van der Waals surface area contributed by atoms with Crippen LogP contribution in [-0.2, 0) is 37.6 Å². The van der Waals surface area contributed by atoms with E-state index in [-0.39, 0.29) is 30.7 Å². The summed E-state index contributed by atoms with van der Waals surface area (Å²) in [6.07, 6.45) is 1.14. The number of nitrogens with zero attached hydrogens (tertiary/aromatic N) is 1. The Bertz CT molecular complexity index is 1160. The van der Waals surface area contributed by atoms with E-state index in [1.54, 1.807) is 0 Å². The van der Waals surface area contributed by atoms with Gasteiger partial charge < -0.3 is 11.1 Å². The Balaban J connectivity index is 1.56. The number of nitrogens with one attached hydrogen (secondary N) is 2. The van der Waals surface area contributed by atoms with Crippen molar-refractivity contribution >= 4 is 29.3 Å². The molecule has 33 heavy (non-hydrogen) atoms. The molecule has 0 bridgehead atoms. The highest BCUT2D eigenvalue weighted by Crippen LogP contribution is 2.53. The van der Waals surface area contributed by atoms with Crippen LogP contribution < -0.4 is 16.4 Å². The molecule has 3 heterocycles. The Kier molecular flexibility index (Phi) is 5.05. The van der Waals surface area contributed by atoms with Gasteiger partial charge in [0.1, 0.15) is 5.54 Å². The molecule has 170 valence electrons. The number of primary amides is 1. The molecule has 4 atom stereocenters. The number of aryl methyl sites for hydroxylation is 1. The summed E-state index contributed by atoms with van der Waals surface area (Å²) in [5, 5.41) is 6.11. The molecule has 3 aliphatic heterocycles. The first-order valence-electron chi connectivity index (χ1n) is 11.3. The summed E-state index contributed by atoms with van der Waals surface area (Å²) in [6.45, 7) is 2.23. The molecule has 0 aliphatic carbocycles. The maximum Gasteiger partial charge on any atom is 0.250 e. The Morgan fingerprint density at radius 3 is 2.52 bits per heavy atom. The molecule has 3 aliphatic rings. The maximum atomic E-state index is 13.7. The smallest absolute Gasteiger partial charge is 0.250 e. The van der Waals surface area contributed by atoms with E-state index in [0.29, 0.717) is 17.7 Å². The molecule has 0 radical (unpaired) electrons. The molecule has 5 rings (SSSR count). The average molecular weight is 447 g/mol. The highest BCUT2D eigenvalue weighted by Gasteiger charge is 2.70. The fourth-order valence-electron chi connectivity index (χ4n) is 5.63. The van der Waals surface area contributed by atoms with Crippen LogP contribution in [0.2, 0.25) is 0 Å². The fraction of sp³-hybridized carbons (Fsp3) is 0.360. The van der Waals surface area contributed by atoms with Gasteiger partial charge in [-0.05, 0) is 30.0 Å². The number of hydrogen-bond acceptors (Lipinski definition) is 5. The van der Waals surface area contributed by atoms with Gasteiger partial charge in [0.05, 0.1) is 11.8 Å². The lowest BCUT2D eigenvalue weighted by atomic mass is 9.76. The van der Waals surface area contributed by atoms with Gasteiger partial charge in [-0.3, -0.25) is 29.4 Å². The van der Waals surface area contributed by atoms with Gasteiger partial charge in [-0.1, -0.05) is 49.4 Å². The molecule has 8 heteroatoms. The van der Waals surface area contributed by atoms with E-state index in [2.05, 4.69) is 10.6 Å². The summed E-state index contributed by atoms with van der Waals surface area (Å²) in [5.74, 6) is -3.47.